The Balaban J connectivity index is 2.07. The van der Waals surface area contributed by atoms with E-state index in [-0.39, 0.29) is 6.04 Å². The normalized spacial score (nSPS) is 36.1. The van der Waals surface area contributed by atoms with Crippen molar-refractivity contribution in [2.45, 2.75) is 37.5 Å². The molecule has 0 aromatic carbocycles. The summed E-state index contributed by atoms with van der Waals surface area (Å²) in [5.74, 6) is -1.57. The number of hydrogen-bond acceptors (Lipinski definition) is 2. The first kappa shape index (κ1) is 10.7. The Labute approximate surface area is 84.9 Å². The Morgan fingerprint density at radius 1 is 1.40 bits per heavy atom. The fourth-order valence-corrected chi connectivity index (χ4v) is 2.82. The first-order chi connectivity index (χ1) is 6.88. The zero-order valence-electron chi connectivity index (χ0n) is 8.00. The molecule has 15 heavy (non-hydrogen) atoms. The molecule has 1 N–H and O–H groups in total. The highest BCUT2D eigenvalue weighted by Gasteiger charge is 2.51. The van der Waals surface area contributed by atoms with Crippen LogP contribution in [-0.2, 0) is 4.79 Å². The standard InChI is InChI=1S/C9H12F3NO2/c10-9(11,12)4-13-5-1-2-7(13)6(3-5)8(14)15/h5-7H,1-4H2,(H,14,15). The lowest BCUT2D eigenvalue weighted by Crippen LogP contribution is -2.39. The minimum absolute atomic E-state index is 0.183. The van der Waals surface area contributed by atoms with Gasteiger partial charge in [-0.05, 0) is 19.3 Å². The van der Waals surface area contributed by atoms with Crippen LogP contribution in [0.25, 0.3) is 0 Å². The van der Waals surface area contributed by atoms with Gasteiger partial charge in [-0.1, -0.05) is 0 Å². The Bertz CT molecular complexity index is 279. The minimum atomic E-state index is -4.23. The van der Waals surface area contributed by atoms with Crippen LogP contribution in [0.4, 0.5) is 13.2 Å². The Kier molecular flexibility index (Phi) is 2.41. The maximum absolute atomic E-state index is 12.2. The molecule has 0 radical (unpaired) electrons. The van der Waals surface area contributed by atoms with Gasteiger partial charge in [0, 0.05) is 12.1 Å². The molecule has 2 aliphatic heterocycles. The molecule has 6 heteroatoms. The third-order valence-electron chi connectivity index (χ3n) is 3.36. The van der Waals surface area contributed by atoms with Gasteiger partial charge < -0.3 is 5.11 Å². The molecule has 0 saturated carbocycles. The van der Waals surface area contributed by atoms with Gasteiger partial charge in [0.1, 0.15) is 0 Å². The van der Waals surface area contributed by atoms with Crippen molar-refractivity contribution >= 4 is 5.97 Å². The van der Waals surface area contributed by atoms with E-state index in [0.29, 0.717) is 19.3 Å². The molecular formula is C9H12F3NO2. The average Bonchev–Trinajstić information content (AvgIpc) is 2.59. The number of fused-ring (bicyclic) bond motifs is 2. The second kappa shape index (κ2) is 3.37. The molecule has 2 bridgehead atoms. The molecule has 2 heterocycles. The number of rotatable bonds is 2. The lowest BCUT2D eigenvalue weighted by Gasteiger charge is -2.23. The summed E-state index contributed by atoms with van der Waals surface area (Å²) in [5.41, 5.74) is 0. The van der Waals surface area contributed by atoms with Crippen molar-refractivity contribution < 1.29 is 23.1 Å². The van der Waals surface area contributed by atoms with Crippen LogP contribution in [0.2, 0.25) is 0 Å². The number of carboxylic acids is 1. The van der Waals surface area contributed by atoms with Crippen molar-refractivity contribution in [1.82, 2.24) is 4.90 Å². The zero-order chi connectivity index (χ0) is 11.2. The largest absolute Gasteiger partial charge is 0.481 e. The van der Waals surface area contributed by atoms with E-state index in [9.17, 15) is 18.0 Å². The van der Waals surface area contributed by atoms with Crippen LogP contribution in [0.1, 0.15) is 19.3 Å². The number of alkyl halides is 3. The highest BCUT2D eigenvalue weighted by atomic mass is 19.4. The van der Waals surface area contributed by atoms with Gasteiger partial charge in [-0.25, -0.2) is 0 Å². The lowest BCUT2D eigenvalue weighted by atomic mass is 9.89. The molecule has 3 unspecified atom stereocenters. The molecule has 0 aromatic heterocycles. The van der Waals surface area contributed by atoms with Crippen LogP contribution in [-0.4, -0.2) is 40.8 Å². The summed E-state index contributed by atoms with van der Waals surface area (Å²) in [7, 11) is 0. The van der Waals surface area contributed by atoms with Crippen LogP contribution < -0.4 is 0 Å². The summed E-state index contributed by atoms with van der Waals surface area (Å²) in [6, 6.07) is -0.591. The molecule has 2 fully saturated rings. The van der Waals surface area contributed by atoms with Crippen molar-refractivity contribution in [1.29, 1.82) is 0 Å². The summed E-state index contributed by atoms with van der Waals surface area (Å²) in [5, 5.41) is 8.84. The monoisotopic (exact) mass is 223 g/mol. The van der Waals surface area contributed by atoms with E-state index < -0.39 is 30.7 Å². The molecule has 2 aliphatic rings. The lowest BCUT2D eigenvalue weighted by molar-refractivity contribution is -0.152. The van der Waals surface area contributed by atoms with Crippen molar-refractivity contribution in [3.8, 4) is 0 Å². The van der Waals surface area contributed by atoms with Crippen molar-refractivity contribution in [2.75, 3.05) is 6.54 Å². The molecular weight excluding hydrogens is 211 g/mol. The average molecular weight is 223 g/mol. The van der Waals surface area contributed by atoms with Gasteiger partial charge in [0.05, 0.1) is 12.5 Å². The zero-order valence-corrected chi connectivity index (χ0v) is 8.00. The molecule has 0 aliphatic carbocycles. The van der Waals surface area contributed by atoms with Gasteiger partial charge >= 0.3 is 12.1 Å². The summed E-state index contributed by atoms with van der Waals surface area (Å²) in [6.45, 7) is -0.966. The Morgan fingerprint density at radius 2 is 2.07 bits per heavy atom. The third kappa shape index (κ3) is 1.95. The predicted octanol–water partition coefficient (Wildman–Crippen LogP) is 1.49. The van der Waals surface area contributed by atoms with Crippen LogP contribution in [0.3, 0.4) is 0 Å². The summed E-state index contributed by atoms with van der Waals surface area (Å²) >= 11 is 0. The second-order valence-electron chi connectivity index (χ2n) is 4.27. The molecule has 2 saturated heterocycles. The fourth-order valence-electron chi connectivity index (χ4n) is 2.82. The van der Waals surface area contributed by atoms with E-state index in [4.69, 9.17) is 5.11 Å². The smallest absolute Gasteiger partial charge is 0.401 e. The number of carbonyl (C=O) groups is 1. The third-order valence-corrected chi connectivity index (χ3v) is 3.36. The van der Waals surface area contributed by atoms with Gasteiger partial charge in [-0.15, -0.1) is 0 Å². The van der Waals surface area contributed by atoms with E-state index in [2.05, 4.69) is 0 Å². The van der Waals surface area contributed by atoms with Crippen molar-refractivity contribution in [3.05, 3.63) is 0 Å². The highest BCUT2D eigenvalue weighted by Crippen LogP contribution is 2.42. The quantitative estimate of drug-likeness (QED) is 0.771. The van der Waals surface area contributed by atoms with E-state index in [1.807, 2.05) is 0 Å². The summed E-state index contributed by atoms with van der Waals surface area (Å²) < 4.78 is 36.7. The van der Waals surface area contributed by atoms with Crippen LogP contribution in [0.15, 0.2) is 0 Å². The van der Waals surface area contributed by atoms with E-state index in [1.54, 1.807) is 0 Å². The Morgan fingerprint density at radius 3 is 2.53 bits per heavy atom. The summed E-state index contributed by atoms with van der Waals surface area (Å²) in [6.07, 6.45) is -2.58. The first-order valence-corrected chi connectivity index (χ1v) is 4.94. The van der Waals surface area contributed by atoms with Crippen LogP contribution in [0.5, 0.6) is 0 Å². The summed E-state index contributed by atoms with van der Waals surface area (Å²) in [4.78, 5) is 12.1. The van der Waals surface area contributed by atoms with E-state index in [1.165, 1.54) is 4.90 Å². The van der Waals surface area contributed by atoms with E-state index in [0.717, 1.165) is 0 Å². The topological polar surface area (TPSA) is 40.5 Å². The number of carboxylic acid groups (broad SMARTS) is 1. The highest BCUT2D eigenvalue weighted by molar-refractivity contribution is 5.71. The van der Waals surface area contributed by atoms with Gasteiger partial charge in [-0.3, -0.25) is 9.69 Å². The maximum atomic E-state index is 12.2. The van der Waals surface area contributed by atoms with Crippen LogP contribution >= 0.6 is 0 Å². The SMILES string of the molecule is O=C(O)C1CC2CCC1N2CC(F)(F)F. The molecule has 0 amide bonds. The van der Waals surface area contributed by atoms with Crippen molar-refractivity contribution in [3.63, 3.8) is 0 Å². The fraction of sp³-hybridized carbons (Fsp3) is 0.889. The predicted molar refractivity (Wildman–Crippen MR) is 45.3 cm³/mol. The van der Waals surface area contributed by atoms with Gasteiger partial charge in [-0.2, -0.15) is 13.2 Å². The molecule has 3 atom stereocenters. The minimum Gasteiger partial charge on any atom is -0.481 e. The van der Waals surface area contributed by atoms with Gasteiger partial charge in [0.15, 0.2) is 0 Å². The molecule has 0 aromatic rings. The second-order valence-corrected chi connectivity index (χ2v) is 4.27. The molecule has 0 spiro atoms. The molecule has 3 nitrogen and oxygen atoms in total. The Hall–Kier alpha value is -0.780. The van der Waals surface area contributed by atoms with E-state index >= 15 is 0 Å². The molecule has 86 valence electrons. The van der Waals surface area contributed by atoms with Gasteiger partial charge in [0.2, 0.25) is 0 Å². The maximum Gasteiger partial charge on any atom is 0.401 e. The first-order valence-electron chi connectivity index (χ1n) is 4.94. The number of aliphatic carboxylic acids is 1. The van der Waals surface area contributed by atoms with Crippen molar-refractivity contribution in [2.24, 2.45) is 5.92 Å². The van der Waals surface area contributed by atoms with Gasteiger partial charge in [0.25, 0.3) is 0 Å². The number of nitrogens with zero attached hydrogens (tertiary/aromatic N) is 1. The number of hydrogen-bond donors (Lipinski definition) is 1. The molecule has 2 rings (SSSR count). The van der Waals surface area contributed by atoms with Crippen LogP contribution in [0, 0.1) is 5.92 Å². The number of halogens is 3.